The van der Waals surface area contributed by atoms with E-state index >= 15 is 0 Å². The molecule has 2 aromatic heterocycles. The van der Waals surface area contributed by atoms with Gasteiger partial charge in [-0.25, -0.2) is 4.98 Å². The van der Waals surface area contributed by atoms with Crippen LogP contribution in [0.2, 0.25) is 0 Å². The van der Waals surface area contributed by atoms with Gasteiger partial charge in [0.15, 0.2) is 17.1 Å². The SMILES string of the molecule is CCc1cc(-c2nc3[nH]ncc3c3c(C)c(OC)c(OC)cc23)ccc1O. The van der Waals surface area contributed by atoms with E-state index in [9.17, 15) is 5.11 Å². The summed E-state index contributed by atoms with van der Waals surface area (Å²) in [6.45, 7) is 4.02. The van der Waals surface area contributed by atoms with Gasteiger partial charge in [0.25, 0.3) is 0 Å². The van der Waals surface area contributed by atoms with Crippen LogP contribution in [0.3, 0.4) is 0 Å². The molecule has 0 unspecified atom stereocenters. The first kappa shape index (κ1) is 17.1. The average molecular weight is 363 g/mol. The van der Waals surface area contributed by atoms with Crippen molar-refractivity contribution >= 4 is 21.8 Å². The maximum absolute atomic E-state index is 10.1. The van der Waals surface area contributed by atoms with Crippen molar-refractivity contribution in [2.45, 2.75) is 20.3 Å². The van der Waals surface area contributed by atoms with Crippen LogP contribution in [0.4, 0.5) is 0 Å². The minimum Gasteiger partial charge on any atom is -0.508 e. The van der Waals surface area contributed by atoms with Gasteiger partial charge >= 0.3 is 0 Å². The molecule has 6 nitrogen and oxygen atoms in total. The van der Waals surface area contributed by atoms with E-state index in [0.29, 0.717) is 22.9 Å². The average Bonchev–Trinajstić information content (AvgIpc) is 3.15. The number of hydrogen-bond donors (Lipinski definition) is 2. The van der Waals surface area contributed by atoms with E-state index in [-0.39, 0.29) is 0 Å². The number of aromatic hydroxyl groups is 1. The summed E-state index contributed by atoms with van der Waals surface area (Å²) in [4.78, 5) is 4.81. The highest BCUT2D eigenvalue weighted by molar-refractivity contribution is 6.12. The smallest absolute Gasteiger partial charge is 0.164 e. The van der Waals surface area contributed by atoms with Crippen molar-refractivity contribution in [3.63, 3.8) is 0 Å². The molecule has 0 saturated heterocycles. The van der Waals surface area contributed by atoms with Gasteiger partial charge in [-0.15, -0.1) is 0 Å². The van der Waals surface area contributed by atoms with Crippen LogP contribution < -0.4 is 9.47 Å². The lowest BCUT2D eigenvalue weighted by Crippen LogP contribution is -1.97. The molecule has 0 spiro atoms. The molecule has 0 fully saturated rings. The van der Waals surface area contributed by atoms with Crippen LogP contribution in [0.5, 0.6) is 17.2 Å². The largest absolute Gasteiger partial charge is 0.508 e. The molecule has 138 valence electrons. The van der Waals surface area contributed by atoms with Gasteiger partial charge < -0.3 is 14.6 Å². The molecule has 2 N–H and O–H groups in total. The molecule has 4 aromatic rings. The second kappa shape index (κ2) is 6.46. The first-order chi connectivity index (χ1) is 13.1. The number of phenols is 1. The first-order valence-electron chi connectivity index (χ1n) is 8.79. The number of rotatable bonds is 4. The summed E-state index contributed by atoms with van der Waals surface area (Å²) < 4.78 is 11.1. The van der Waals surface area contributed by atoms with Crippen LogP contribution in [0.15, 0.2) is 30.5 Å². The molecule has 0 atom stereocenters. The van der Waals surface area contributed by atoms with E-state index in [1.807, 2.05) is 32.0 Å². The topological polar surface area (TPSA) is 80.3 Å². The Bertz CT molecular complexity index is 1160. The Hall–Kier alpha value is -3.28. The fraction of sp³-hybridized carbons (Fsp3) is 0.238. The maximum Gasteiger partial charge on any atom is 0.164 e. The number of aryl methyl sites for hydroxylation is 2. The quantitative estimate of drug-likeness (QED) is 0.563. The standard InChI is InChI=1S/C21H21N3O3/c1-5-12-8-13(6-7-16(12)25)19-14-9-17(26-3)20(27-4)11(2)18(14)15-10-22-24-21(15)23-19/h6-10,25H,5H2,1-4H3,(H,22,23,24). The van der Waals surface area contributed by atoms with Crippen molar-refractivity contribution in [1.29, 1.82) is 0 Å². The fourth-order valence-corrected chi connectivity index (χ4v) is 3.66. The fourth-order valence-electron chi connectivity index (χ4n) is 3.66. The van der Waals surface area contributed by atoms with Crippen LogP contribution in [0.25, 0.3) is 33.1 Å². The zero-order valence-corrected chi connectivity index (χ0v) is 15.8. The molecule has 4 rings (SSSR count). The molecule has 2 heterocycles. The molecular formula is C21H21N3O3. The van der Waals surface area contributed by atoms with E-state index in [2.05, 4.69) is 10.2 Å². The normalized spacial score (nSPS) is 11.3. The summed E-state index contributed by atoms with van der Waals surface area (Å²) in [5.41, 5.74) is 4.29. The number of phenolic OH excluding ortho intramolecular Hbond substituents is 1. The lowest BCUT2D eigenvalue weighted by atomic mass is 9.96. The number of hydrogen-bond acceptors (Lipinski definition) is 5. The summed E-state index contributed by atoms with van der Waals surface area (Å²) >= 11 is 0. The van der Waals surface area contributed by atoms with E-state index in [0.717, 1.165) is 45.0 Å². The molecular weight excluding hydrogens is 342 g/mol. The van der Waals surface area contributed by atoms with E-state index < -0.39 is 0 Å². The van der Waals surface area contributed by atoms with Gasteiger partial charge in [0.1, 0.15) is 5.75 Å². The lowest BCUT2D eigenvalue weighted by molar-refractivity contribution is 0.354. The van der Waals surface area contributed by atoms with E-state index in [4.69, 9.17) is 14.5 Å². The number of benzene rings is 2. The van der Waals surface area contributed by atoms with Crippen molar-refractivity contribution < 1.29 is 14.6 Å². The Labute approximate surface area is 156 Å². The van der Waals surface area contributed by atoms with E-state index in [1.54, 1.807) is 26.5 Å². The van der Waals surface area contributed by atoms with Gasteiger partial charge in [0.05, 0.1) is 26.1 Å². The number of H-pyrrole nitrogens is 1. The molecule has 0 bridgehead atoms. The van der Waals surface area contributed by atoms with Crippen LogP contribution in [0.1, 0.15) is 18.1 Å². The number of nitrogens with zero attached hydrogens (tertiary/aromatic N) is 2. The third-order valence-corrected chi connectivity index (χ3v) is 5.01. The number of methoxy groups -OCH3 is 2. The Morgan fingerprint density at radius 2 is 1.93 bits per heavy atom. The lowest BCUT2D eigenvalue weighted by Gasteiger charge is -2.16. The second-order valence-electron chi connectivity index (χ2n) is 6.45. The minimum absolute atomic E-state index is 0.295. The van der Waals surface area contributed by atoms with Gasteiger partial charge in [-0.2, -0.15) is 5.10 Å². The molecule has 0 radical (unpaired) electrons. The summed E-state index contributed by atoms with van der Waals surface area (Å²) in [5.74, 6) is 1.65. The number of aromatic nitrogens is 3. The maximum atomic E-state index is 10.1. The number of ether oxygens (including phenoxy) is 2. The number of fused-ring (bicyclic) bond motifs is 3. The third-order valence-electron chi connectivity index (χ3n) is 5.01. The predicted molar refractivity (Wildman–Crippen MR) is 106 cm³/mol. The van der Waals surface area contributed by atoms with Crippen LogP contribution >= 0.6 is 0 Å². The zero-order valence-electron chi connectivity index (χ0n) is 15.8. The van der Waals surface area contributed by atoms with Crippen LogP contribution in [0, 0.1) is 6.92 Å². The molecule has 0 saturated carbocycles. The molecule has 0 amide bonds. The highest BCUT2D eigenvalue weighted by atomic mass is 16.5. The summed E-state index contributed by atoms with van der Waals surface area (Å²) in [5, 5.41) is 20.1. The van der Waals surface area contributed by atoms with Gasteiger partial charge in [0.2, 0.25) is 0 Å². The van der Waals surface area contributed by atoms with Crippen molar-refractivity contribution in [3.8, 4) is 28.5 Å². The highest BCUT2D eigenvalue weighted by Gasteiger charge is 2.19. The first-order valence-corrected chi connectivity index (χ1v) is 8.79. The van der Waals surface area contributed by atoms with E-state index in [1.165, 1.54) is 0 Å². The summed E-state index contributed by atoms with van der Waals surface area (Å²) in [7, 11) is 3.27. The Morgan fingerprint density at radius 3 is 2.63 bits per heavy atom. The Balaban J connectivity index is 2.15. The number of nitrogens with one attached hydrogen (secondary N) is 1. The number of aromatic amines is 1. The summed E-state index contributed by atoms with van der Waals surface area (Å²) in [6.07, 6.45) is 2.52. The molecule has 0 aliphatic carbocycles. The molecule has 6 heteroatoms. The van der Waals surface area contributed by atoms with Gasteiger partial charge in [-0.3, -0.25) is 5.10 Å². The van der Waals surface area contributed by atoms with Crippen molar-refractivity contribution in [1.82, 2.24) is 15.2 Å². The molecule has 27 heavy (non-hydrogen) atoms. The van der Waals surface area contributed by atoms with Crippen LogP contribution in [-0.2, 0) is 6.42 Å². The van der Waals surface area contributed by atoms with Crippen molar-refractivity contribution in [3.05, 3.63) is 41.6 Å². The third kappa shape index (κ3) is 2.56. The van der Waals surface area contributed by atoms with Gasteiger partial charge in [-0.1, -0.05) is 6.92 Å². The van der Waals surface area contributed by atoms with Crippen LogP contribution in [-0.4, -0.2) is 34.5 Å². The number of pyridine rings is 1. The molecule has 0 aliphatic rings. The predicted octanol–water partition coefficient (Wildman–Crippen LogP) is 4.37. The van der Waals surface area contributed by atoms with Gasteiger partial charge in [-0.05, 0) is 43.2 Å². The zero-order chi connectivity index (χ0) is 19.1. The second-order valence-corrected chi connectivity index (χ2v) is 6.45. The molecule has 2 aromatic carbocycles. The highest BCUT2D eigenvalue weighted by Crippen LogP contribution is 2.42. The minimum atomic E-state index is 0.295. The molecule has 0 aliphatic heterocycles. The Kier molecular flexibility index (Phi) is 4.11. The van der Waals surface area contributed by atoms with Crippen molar-refractivity contribution in [2.75, 3.05) is 14.2 Å². The monoisotopic (exact) mass is 363 g/mol. The van der Waals surface area contributed by atoms with Gasteiger partial charge in [0, 0.05) is 27.3 Å². The summed E-state index contributed by atoms with van der Waals surface area (Å²) in [6, 6.07) is 7.52. The Morgan fingerprint density at radius 1 is 1.11 bits per heavy atom. The van der Waals surface area contributed by atoms with Crippen molar-refractivity contribution in [2.24, 2.45) is 0 Å².